The van der Waals surface area contributed by atoms with Crippen molar-refractivity contribution < 1.29 is 0 Å². The minimum atomic E-state index is 1.29. The first-order valence-electron chi connectivity index (χ1n) is 1.56. The van der Waals surface area contributed by atoms with Crippen molar-refractivity contribution in [3.8, 4) is 0 Å². The van der Waals surface area contributed by atoms with Gasteiger partial charge in [-0.15, -0.1) is 0 Å². The third kappa shape index (κ3) is 0.127. The van der Waals surface area contributed by atoms with Crippen molar-refractivity contribution in [2.24, 2.45) is 0 Å². The Morgan fingerprint density at radius 3 is 1.75 bits per heavy atom. The molecule has 1 rings (SSSR count). The fourth-order valence-electron chi connectivity index (χ4n) is 0.0884. The molecule has 22 valence electrons. The van der Waals surface area contributed by atoms with E-state index in [1.807, 2.05) is 0 Å². The maximum Gasteiger partial charge on any atom is -0.0286 e. The van der Waals surface area contributed by atoms with Gasteiger partial charge in [-0.2, -0.15) is 0 Å². The summed E-state index contributed by atoms with van der Waals surface area (Å²) in [6, 6.07) is 0. The molecule has 1 fully saturated rings. The Balaban J connectivity index is 2.60. The average molecular weight is 54.1 g/mol. The van der Waals surface area contributed by atoms with Crippen LogP contribution in [0.25, 0.3) is 0 Å². The lowest BCUT2D eigenvalue weighted by atomic mass is 10.7. The highest BCUT2D eigenvalue weighted by Gasteiger charge is 2.04. The lowest BCUT2D eigenvalue weighted by molar-refractivity contribution is 1.50. The summed E-state index contributed by atoms with van der Waals surface area (Å²) in [7, 11) is 0. The zero-order valence-electron chi connectivity index (χ0n) is 2.62. The minimum Gasteiger partial charge on any atom is -0.0998 e. The molecule has 0 heteroatoms. The van der Waals surface area contributed by atoms with Crippen molar-refractivity contribution in [1.29, 1.82) is 0 Å². The highest BCUT2D eigenvalue weighted by atomic mass is 14.1. The van der Waals surface area contributed by atoms with Crippen molar-refractivity contribution in [2.75, 3.05) is 0 Å². The van der Waals surface area contributed by atoms with Gasteiger partial charge in [0.15, 0.2) is 0 Å². The van der Waals surface area contributed by atoms with Crippen LogP contribution >= 0.6 is 0 Å². The predicted octanol–water partition coefficient (Wildman–Crippen LogP) is 1.34. The lowest BCUT2D eigenvalue weighted by Crippen LogP contribution is -1.12. The monoisotopic (exact) mass is 54.0 g/mol. The molecule has 0 radical (unpaired) electrons. The van der Waals surface area contributed by atoms with Gasteiger partial charge < -0.3 is 0 Å². The summed E-state index contributed by atoms with van der Waals surface area (Å²) in [5.41, 5.74) is 1.42. The van der Waals surface area contributed by atoms with Gasteiger partial charge in [-0.25, -0.2) is 0 Å². The number of allylic oxidation sites excluding steroid dienone is 1. The number of hydrogen-bond donors (Lipinski definition) is 0. The first kappa shape index (κ1) is 2.01. The molecule has 0 aromatic heterocycles. The Labute approximate surface area is 26.1 Å². The van der Waals surface area contributed by atoms with Gasteiger partial charge in [0.25, 0.3) is 0 Å². The van der Waals surface area contributed by atoms with Crippen LogP contribution in [0.2, 0.25) is 0 Å². The summed E-state index contributed by atoms with van der Waals surface area (Å²) >= 11 is 0. The van der Waals surface area contributed by atoms with E-state index in [2.05, 4.69) is 6.58 Å². The Kier molecular flexibility index (Phi) is 0.185. The highest BCUT2D eigenvalue weighted by Crippen LogP contribution is 2.23. The van der Waals surface area contributed by atoms with E-state index in [1.165, 1.54) is 18.4 Å². The third-order valence-electron chi connectivity index (χ3n) is 0.604. The van der Waals surface area contributed by atoms with E-state index in [0.29, 0.717) is 0 Å². The van der Waals surface area contributed by atoms with E-state index in [0.717, 1.165) is 0 Å². The van der Waals surface area contributed by atoms with Gasteiger partial charge in [-0.1, -0.05) is 12.2 Å². The van der Waals surface area contributed by atoms with Crippen molar-refractivity contribution in [1.82, 2.24) is 0 Å². The third-order valence-corrected chi connectivity index (χ3v) is 0.604. The molecule has 0 aromatic carbocycles. The molecule has 0 amide bonds. The van der Waals surface area contributed by atoms with E-state index in [9.17, 15) is 0 Å². The molecule has 0 heterocycles. The summed E-state index contributed by atoms with van der Waals surface area (Å²) in [6.45, 7) is 3.67. The Bertz CT molecular complexity index is 38.0. The molecule has 0 N–H and O–H groups in total. The van der Waals surface area contributed by atoms with Crippen LogP contribution in [0.5, 0.6) is 0 Å². The summed E-state index contributed by atoms with van der Waals surface area (Å²) in [6.07, 6.45) is 2.58. The standard InChI is InChI=1S/C4H6/c1-4-2-3-4/h1-3H2. The fraction of sp³-hybridized carbons (Fsp3) is 0.500. The van der Waals surface area contributed by atoms with Crippen molar-refractivity contribution in [3.05, 3.63) is 12.2 Å². The van der Waals surface area contributed by atoms with E-state index in [4.69, 9.17) is 0 Å². The molecule has 0 bridgehead atoms. The van der Waals surface area contributed by atoms with Gasteiger partial charge in [0.1, 0.15) is 0 Å². The smallest absolute Gasteiger partial charge is 0.0286 e. The summed E-state index contributed by atoms with van der Waals surface area (Å²) in [5.74, 6) is 0. The van der Waals surface area contributed by atoms with Crippen molar-refractivity contribution in [2.45, 2.75) is 12.8 Å². The van der Waals surface area contributed by atoms with Crippen molar-refractivity contribution >= 4 is 0 Å². The highest BCUT2D eigenvalue weighted by molar-refractivity contribution is 5.09. The van der Waals surface area contributed by atoms with Crippen LogP contribution in [-0.2, 0) is 0 Å². The van der Waals surface area contributed by atoms with E-state index < -0.39 is 0 Å². The predicted molar refractivity (Wildman–Crippen MR) is 18.4 cm³/mol. The van der Waals surface area contributed by atoms with E-state index >= 15 is 0 Å². The molecule has 0 saturated heterocycles. The molecular weight excluding hydrogens is 48.0 g/mol. The first-order chi connectivity index (χ1) is 1.89. The van der Waals surface area contributed by atoms with E-state index in [1.54, 1.807) is 0 Å². The quantitative estimate of drug-likeness (QED) is 0.366. The van der Waals surface area contributed by atoms with Crippen LogP contribution in [0.1, 0.15) is 12.8 Å². The van der Waals surface area contributed by atoms with Gasteiger partial charge in [0, 0.05) is 0 Å². The molecule has 4 heavy (non-hydrogen) atoms. The second-order valence-electron chi connectivity index (χ2n) is 1.25. The van der Waals surface area contributed by atoms with E-state index in [-0.39, 0.29) is 0 Å². The molecular formula is C4H6. The summed E-state index contributed by atoms with van der Waals surface area (Å²) < 4.78 is 0. The molecule has 1 saturated carbocycles. The molecule has 0 atom stereocenters. The van der Waals surface area contributed by atoms with Crippen LogP contribution in [-0.4, -0.2) is 0 Å². The van der Waals surface area contributed by atoms with Crippen molar-refractivity contribution in [3.63, 3.8) is 0 Å². The van der Waals surface area contributed by atoms with Crippen LogP contribution in [0.15, 0.2) is 12.2 Å². The van der Waals surface area contributed by atoms with Gasteiger partial charge in [0.2, 0.25) is 0 Å². The average Bonchev–Trinajstić information content (AvgIpc) is 1.75. The summed E-state index contributed by atoms with van der Waals surface area (Å²) in [4.78, 5) is 0. The largest absolute Gasteiger partial charge is 0.0998 e. The SMILES string of the molecule is C=C1CC1. The van der Waals surface area contributed by atoms with Crippen LogP contribution in [0, 0.1) is 0 Å². The second kappa shape index (κ2) is 0.369. The van der Waals surface area contributed by atoms with Crippen LogP contribution in [0.3, 0.4) is 0 Å². The molecule has 1 aliphatic rings. The molecule has 0 spiro atoms. The zero-order valence-corrected chi connectivity index (χ0v) is 2.62. The van der Waals surface area contributed by atoms with Gasteiger partial charge in [0.05, 0.1) is 0 Å². The molecule has 0 aliphatic heterocycles. The lowest BCUT2D eigenvalue weighted by Gasteiger charge is -1.34. The Morgan fingerprint density at radius 1 is 1.50 bits per heavy atom. The fourth-order valence-corrected chi connectivity index (χ4v) is 0.0884. The van der Waals surface area contributed by atoms with Gasteiger partial charge >= 0.3 is 0 Å². The normalized spacial score (nSPS) is 21.5. The number of hydrogen-bond acceptors (Lipinski definition) is 0. The molecule has 0 nitrogen and oxygen atoms in total. The van der Waals surface area contributed by atoms with Gasteiger partial charge in [-0.3, -0.25) is 0 Å². The maximum atomic E-state index is 3.67. The topological polar surface area (TPSA) is 0 Å². The zero-order chi connectivity index (χ0) is 2.99. The summed E-state index contributed by atoms with van der Waals surface area (Å²) in [5, 5.41) is 0. The van der Waals surface area contributed by atoms with Crippen LogP contribution < -0.4 is 0 Å². The minimum absolute atomic E-state index is 1.29. The molecule has 0 aromatic rings. The van der Waals surface area contributed by atoms with Gasteiger partial charge in [-0.05, 0) is 12.8 Å². The van der Waals surface area contributed by atoms with Crippen LogP contribution in [0.4, 0.5) is 0 Å². The first-order valence-corrected chi connectivity index (χ1v) is 1.56. The molecule has 1 aliphatic carbocycles. The Morgan fingerprint density at radius 2 is 1.75 bits per heavy atom. The Hall–Kier alpha value is -0.260. The molecule has 0 unspecified atom stereocenters. The second-order valence-corrected chi connectivity index (χ2v) is 1.25. The number of rotatable bonds is 0. The maximum absolute atomic E-state index is 3.67.